The van der Waals surface area contributed by atoms with Crippen LogP contribution in [0, 0.1) is 5.82 Å². The highest BCUT2D eigenvalue weighted by molar-refractivity contribution is 5.89. The summed E-state index contributed by atoms with van der Waals surface area (Å²) in [5.74, 6) is -0.810. The first kappa shape index (κ1) is 20.5. The Morgan fingerprint density at radius 2 is 2.18 bits per heavy atom. The molecule has 0 saturated carbocycles. The van der Waals surface area contributed by atoms with Gasteiger partial charge in [-0.05, 0) is 31.0 Å². The molecule has 28 heavy (non-hydrogen) atoms. The van der Waals surface area contributed by atoms with Gasteiger partial charge in [0.2, 0.25) is 0 Å². The molecule has 1 aromatic rings. The highest BCUT2D eigenvalue weighted by Crippen LogP contribution is 2.28. The van der Waals surface area contributed by atoms with Crippen LogP contribution >= 0.6 is 0 Å². The third kappa shape index (κ3) is 5.18. The van der Waals surface area contributed by atoms with Gasteiger partial charge in [0.15, 0.2) is 0 Å². The lowest BCUT2D eigenvalue weighted by Crippen LogP contribution is -2.58. The minimum atomic E-state index is -0.841. The number of β-amino-alcohol motifs (C(OH)–C–C–N with tert-alkyl or cyclic N) is 1. The van der Waals surface area contributed by atoms with E-state index in [0.717, 1.165) is 0 Å². The molecular formula is C19H25FN2O6. The zero-order chi connectivity index (χ0) is 20.1. The molecule has 2 amide bonds. The second-order valence-electron chi connectivity index (χ2n) is 7.01. The molecule has 0 aliphatic carbocycles. The van der Waals surface area contributed by atoms with Crippen molar-refractivity contribution in [3.63, 3.8) is 0 Å². The number of nitrogens with zero attached hydrogens (tertiary/aromatic N) is 1. The number of hydrogen-bond donors (Lipinski definition) is 2. The van der Waals surface area contributed by atoms with Crippen LogP contribution in [0.4, 0.5) is 14.9 Å². The molecule has 9 heteroatoms. The number of carbonyl (C=O) groups excluding carboxylic acids is 2. The number of urea groups is 1. The van der Waals surface area contributed by atoms with Crippen LogP contribution in [0.15, 0.2) is 24.3 Å². The number of hydrogen-bond acceptors (Lipinski definition) is 6. The van der Waals surface area contributed by atoms with Crippen molar-refractivity contribution in [3.8, 4) is 0 Å². The molecule has 2 aliphatic rings. The first-order valence-electron chi connectivity index (χ1n) is 9.27. The molecule has 0 bridgehead atoms. The fraction of sp³-hybridized carbons (Fsp3) is 0.579. The summed E-state index contributed by atoms with van der Waals surface area (Å²) in [4.78, 5) is 25.9. The lowest BCUT2D eigenvalue weighted by molar-refractivity contribution is -0.159. The molecule has 0 spiro atoms. The summed E-state index contributed by atoms with van der Waals surface area (Å²) < 4.78 is 29.6. The molecular weight excluding hydrogens is 371 g/mol. The maximum absolute atomic E-state index is 13.4. The number of anilines is 1. The molecule has 154 valence electrons. The molecule has 2 fully saturated rings. The van der Waals surface area contributed by atoms with E-state index in [0.29, 0.717) is 18.5 Å². The molecule has 2 aliphatic heterocycles. The lowest BCUT2D eigenvalue weighted by atomic mass is 9.95. The normalized spacial score (nSPS) is 27.9. The maximum atomic E-state index is 13.4. The van der Waals surface area contributed by atoms with Crippen molar-refractivity contribution in [2.75, 3.05) is 32.2 Å². The van der Waals surface area contributed by atoms with Crippen LogP contribution in [0.5, 0.6) is 0 Å². The van der Waals surface area contributed by atoms with Gasteiger partial charge in [-0.15, -0.1) is 0 Å². The summed E-state index contributed by atoms with van der Waals surface area (Å²) in [6.07, 6.45) is -0.302. The van der Waals surface area contributed by atoms with Crippen LogP contribution in [-0.4, -0.2) is 73.2 Å². The fourth-order valence-electron chi connectivity index (χ4n) is 3.61. The van der Waals surface area contributed by atoms with Crippen molar-refractivity contribution in [1.82, 2.24) is 4.90 Å². The van der Waals surface area contributed by atoms with Crippen molar-refractivity contribution in [2.24, 2.45) is 0 Å². The first-order valence-corrected chi connectivity index (χ1v) is 9.27. The van der Waals surface area contributed by atoms with Crippen LogP contribution < -0.4 is 5.32 Å². The molecule has 0 radical (unpaired) electrons. The third-order valence-corrected chi connectivity index (χ3v) is 4.94. The van der Waals surface area contributed by atoms with Crippen LogP contribution in [0.25, 0.3) is 0 Å². The standard InChI is InChI=1S/C19H25FN2O6/c1-26-18(24)8-15-5-6-16-17(28-15)11-27-10-14(23)9-22(16)19(25)21-13-4-2-3-12(20)7-13/h2-4,7,14-17,23H,5-6,8-11H2,1H3,(H,21,25)/t14-,15+,16-,17+/m1/s1. The van der Waals surface area contributed by atoms with Gasteiger partial charge in [0.1, 0.15) is 11.9 Å². The number of esters is 1. The molecule has 2 heterocycles. The van der Waals surface area contributed by atoms with Gasteiger partial charge in [-0.3, -0.25) is 4.79 Å². The average Bonchev–Trinajstić information content (AvgIpc) is 2.65. The monoisotopic (exact) mass is 396 g/mol. The number of amides is 2. The number of ether oxygens (including phenoxy) is 3. The van der Waals surface area contributed by atoms with Crippen molar-refractivity contribution in [2.45, 2.75) is 43.6 Å². The van der Waals surface area contributed by atoms with Crippen molar-refractivity contribution >= 4 is 17.7 Å². The second kappa shape index (κ2) is 9.31. The topological polar surface area (TPSA) is 97.3 Å². The van der Waals surface area contributed by atoms with Crippen LogP contribution in [0.3, 0.4) is 0 Å². The molecule has 2 N–H and O–H groups in total. The molecule has 0 aromatic heterocycles. The van der Waals surface area contributed by atoms with Crippen molar-refractivity contribution < 1.29 is 33.3 Å². The van der Waals surface area contributed by atoms with E-state index in [4.69, 9.17) is 14.2 Å². The van der Waals surface area contributed by atoms with Crippen LogP contribution in [0.2, 0.25) is 0 Å². The van der Waals surface area contributed by atoms with Gasteiger partial charge in [-0.25, -0.2) is 9.18 Å². The quantitative estimate of drug-likeness (QED) is 0.752. The minimum absolute atomic E-state index is 0.0628. The zero-order valence-corrected chi connectivity index (χ0v) is 15.7. The van der Waals surface area contributed by atoms with Gasteiger partial charge in [0.05, 0.1) is 51.5 Å². The Morgan fingerprint density at radius 3 is 2.93 bits per heavy atom. The van der Waals surface area contributed by atoms with Gasteiger partial charge in [0, 0.05) is 5.69 Å². The summed E-state index contributed by atoms with van der Waals surface area (Å²) in [5, 5.41) is 12.8. The van der Waals surface area contributed by atoms with E-state index in [9.17, 15) is 19.1 Å². The average molecular weight is 396 g/mol. The van der Waals surface area contributed by atoms with Crippen molar-refractivity contribution in [3.05, 3.63) is 30.1 Å². The number of nitrogens with one attached hydrogen (secondary N) is 1. The summed E-state index contributed by atoms with van der Waals surface area (Å²) in [6, 6.07) is 4.83. The van der Waals surface area contributed by atoms with Gasteiger partial charge >= 0.3 is 12.0 Å². The summed E-state index contributed by atoms with van der Waals surface area (Å²) in [5.41, 5.74) is 0.328. The highest BCUT2D eigenvalue weighted by Gasteiger charge is 2.40. The predicted molar refractivity (Wildman–Crippen MR) is 97.3 cm³/mol. The number of rotatable bonds is 3. The van der Waals surface area contributed by atoms with Gasteiger partial charge in [-0.2, -0.15) is 0 Å². The molecule has 1 aromatic carbocycles. The number of halogens is 1. The number of carbonyl (C=O) groups is 2. The maximum Gasteiger partial charge on any atom is 0.322 e. The van der Waals surface area contributed by atoms with Gasteiger partial charge < -0.3 is 29.5 Å². The Balaban J connectivity index is 1.72. The molecule has 4 atom stereocenters. The Bertz CT molecular complexity index is 703. The van der Waals surface area contributed by atoms with E-state index in [2.05, 4.69) is 5.32 Å². The Kier molecular flexibility index (Phi) is 6.82. The summed E-state index contributed by atoms with van der Waals surface area (Å²) in [7, 11) is 1.33. The minimum Gasteiger partial charge on any atom is -0.469 e. The number of fused-ring (bicyclic) bond motifs is 1. The van der Waals surface area contributed by atoms with Crippen LogP contribution in [-0.2, 0) is 19.0 Å². The smallest absolute Gasteiger partial charge is 0.322 e. The van der Waals surface area contributed by atoms with Gasteiger partial charge in [0.25, 0.3) is 0 Å². The Hall–Kier alpha value is -2.23. The van der Waals surface area contributed by atoms with E-state index in [1.807, 2.05) is 0 Å². The largest absolute Gasteiger partial charge is 0.469 e. The SMILES string of the molecule is COC(=O)C[C@@H]1CC[C@@H]2[C@H](COC[C@H](O)CN2C(=O)Nc2cccc(F)c2)O1. The first-order chi connectivity index (χ1) is 13.5. The molecule has 0 unspecified atom stereocenters. The third-order valence-electron chi connectivity index (χ3n) is 4.94. The molecule has 8 nitrogen and oxygen atoms in total. The van der Waals surface area contributed by atoms with E-state index in [-0.39, 0.29) is 44.3 Å². The predicted octanol–water partition coefficient (Wildman–Crippen LogP) is 1.53. The summed E-state index contributed by atoms with van der Waals surface area (Å²) in [6.45, 7) is 0.328. The highest BCUT2D eigenvalue weighted by atomic mass is 19.1. The number of benzene rings is 1. The Labute approximate surface area is 162 Å². The number of aliphatic hydroxyl groups excluding tert-OH is 1. The lowest BCUT2D eigenvalue weighted by Gasteiger charge is -2.44. The van der Waals surface area contributed by atoms with Crippen molar-refractivity contribution in [1.29, 1.82) is 0 Å². The molecule has 3 rings (SSSR count). The van der Waals surface area contributed by atoms with Gasteiger partial charge in [-0.1, -0.05) is 6.07 Å². The second-order valence-corrected chi connectivity index (χ2v) is 7.01. The van der Waals surface area contributed by atoms with Crippen LogP contribution in [0.1, 0.15) is 19.3 Å². The van der Waals surface area contributed by atoms with E-state index in [1.165, 1.54) is 30.2 Å². The molecule has 2 saturated heterocycles. The zero-order valence-electron chi connectivity index (χ0n) is 15.7. The number of methoxy groups -OCH3 is 1. The Morgan fingerprint density at radius 1 is 1.36 bits per heavy atom. The fourth-order valence-corrected chi connectivity index (χ4v) is 3.61. The summed E-state index contributed by atoms with van der Waals surface area (Å²) >= 11 is 0. The van der Waals surface area contributed by atoms with E-state index in [1.54, 1.807) is 6.07 Å². The van der Waals surface area contributed by atoms with E-state index < -0.39 is 24.1 Å². The van der Waals surface area contributed by atoms with E-state index >= 15 is 0 Å². The number of aliphatic hydroxyl groups is 1.